The van der Waals surface area contributed by atoms with Crippen LogP contribution >= 0.6 is 0 Å². The minimum Gasteiger partial charge on any atom is -0.366 e. The van der Waals surface area contributed by atoms with Gasteiger partial charge in [0.2, 0.25) is 0 Å². The van der Waals surface area contributed by atoms with Crippen LogP contribution in [0.4, 0.5) is 21.5 Å². The molecule has 1 N–H and O–H groups in total. The van der Waals surface area contributed by atoms with Crippen LogP contribution in [0, 0.1) is 28.8 Å². The molecule has 27 heavy (non-hydrogen) atoms. The number of rotatable bonds is 4. The highest BCUT2D eigenvalue weighted by Gasteiger charge is 2.25. The van der Waals surface area contributed by atoms with Crippen LogP contribution in [0.25, 0.3) is 0 Å². The topological polar surface area (TPSA) is 75.5 Å². The maximum Gasteiger partial charge on any atom is 0.293 e. The Balaban J connectivity index is 1.86. The van der Waals surface area contributed by atoms with E-state index in [1.807, 2.05) is 4.90 Å². The molecule has 0 unspecified atom stereocenters. The zero-order valence-corrected chi connectivity index (χ0v) is 15.4. The molecule has 7 heteroatoms. The van der Waals surface area contributed by atoms with Gasteiger partial charge in [0.15, 0.2) is 0 Å². The predicted octanol–water partition coefficient (Wildman–Crippen LogP) is 4.53. The lowest BCUT2D eigenvalue weighted by Crippen LogP contribution is -2.34. The molecule has 1 aliphatic heterocycles. The molecule has 1 atom stereocenters. The van der Waals surface area contributed by atoms with Gasteiger partial charge in [0.1, 0.15) is 11.5 Å². The number of nitro groups is 1. The summed E-state index contributed by atoms with van der Waals surface area (Å²) in [6.07, 6.45) is 2.10. The molecule has 142 valence electrons. The monoisotopic (exact) mass is 371 g/mol. The summed E-state index contributed by atoms with van der Waals surface area (Å²) < 4.78 is 13.2. The lowest BCUT2D eigenvalue weighted by Gasteiger charge is -2.32. The molecule has 3 rings (SSSR count). The van der Waals surface area contributed by atoms with Crippen LogP contribution < -0.4 is 10.2 Å². The number of amides is 1. The van der Waals surface area contributed by atoms with Crippen molar-refractivity contribution in [2.24, 2.45) is 5.92 Å². The van der Waals surface area contributed by atoms with Gasteiger partial charge < -0.3 is 10.2 Å². The molecule has 0 aliphatic carbocycles. The lowest BCUT2D eigenvalue weighted by molar-refractivity contribution is -0.384. The van der Waals surface area contributed by atoms with Crippen molar-refractivity contribution in [3.8, 4) is 0 Å². The van der Waals surface area contributed by atoms with Gasteiger partial charge in [0.05, 0.1) is 4.92 Å². The number of benzene rings is 2. The fourth-order valence-corrected chi connectivity index (χ4v) is 3.45. The molecular weight excluding hydrogens is 349 g/mol. The standard InChI is InChI=1S/C20H22FN3O3/c1-13-4-3-9-23(12-13)18-8-5-15(11-19(18)24(26)27)20(25)22-17-7-6-16(21)10-14(17)2/h5-8,10-11,13H,3-4,9,12H2,1-2H3,(H,22,25)/t13-/m1/s1. The average molecular weight is 371 g/mol. The second kappa shape index (κ2) is 7.73. The summed E-state index contributed by atoms with van der Waals surface area (Å²) in [4.78, 5) is 25.7. The normalized spacial score (nSPS) is 16.9. The van der Waals surface area contributed by atoms with Crippen LogP contribution in [0.15, 0.2) is 36.4 Å². The smallest absolute Gasteiger partial charge is 0.293 e. The second-order valence-electron chi connectivity index (χ2n) is 7.07. The molecule has 0 saturated carbocycles. The number of piperidine rings is 1. The Bertz CT molecular complexity index is 885. The van der Waals surface area contributed by atoms with E-state index < -0.39 is 10.8 Å². The van der Waals surface area contributed by atoms with Crippen molar-refractivity contribution in [1.82, 2.24) is 0 Å². The van der Waals surface area contributed by atoms with Crippen LogP contribution in [0.2, 0.25) is 0 Å². The Morgan fingerprint density at radius 3 is 2.74 bits per heavy atom. The number of nitrogens with zero attached hydrogens (tertiary/aromatic N) is 2. The summed E-state index contributed by atoms with van der Waals surface area (Å²) in [6, 6.07) is 8.59. The van der Waals surface area contributed by atoms with Crippen LogP contribution in [0.5, 0.6) is 0 Å². The van der Waals surface area contributed by atoms with Crippen molar-refractivity contribution < 1.29 is 14.1 Å². The molecule has 1 fully saturated rings. The SMILES string of the molecule is Cc1cc(F)ccc1NC(=O)c1ccc(N2CCC[C@@H](C)C2)c([N+](=O)[O-])c1. The van der Waals surface area contributed by atoms with Gasteiger partial charge in [-0.2, -0.15) is 0 Å². The van der Waals surface area contributed by atoms with Gasteiger partial charge in [-0.1, -0.05) is 6.92 Å². The number of halogens is 1. The van der Waals surface area contributed by atoms with E-state index in [9.17, 15) is 19.3 Å². The van der Waals surface area contributed by atoms with Gasteiger partial charge in [-0.15, -0.1) is 0 Å². The zero-order valence-electron chi connectivity index (χ0n) is 15.4. The van der Waals surface area contributed by atoms with Crippen molar-refractivity contribution in [3.63, 3.8) is 0 Å². The maximum atomic E-state index is 13.2. The van der Waals surface area contributed by atoms with Crippen molar-refractivity contribution in [3.05, 3.63) is 63.5 Å². The van der Waals surface area contributed by atoms with Gasteiger partial charge in [0, 0.05) is 30.4 Å². The predicted molar refractivity (Wildman–Crippen MR) is 103 cm³/mol. The molecule has 0 spiro atoms. The van der Waals surface area contributed by atoms with Crippen LogP contribution in [-0.4, -0.2) is 23.9 Å². The zero-order chi connectivity index (χ0) is 19.6. The van der Waals surface area contributed by atoms with Crippen molar-refractivity contribution in [2.45, 2.75) is 26.7 Å². The number of hydrogen-bond acceptors (Lipinski definition) is 4. The average Bonchev–Trinajstić information content (AvgIpc) is 2.63. The first-order chi connectivity index (χ1) is 12.8. The van der Waals surface area contributed by atoms with Gasteiger partial charge in [-0.3, -0.25) is 14.9 Å². The Kier molecular flexibility index (Phi) is 5.39. The summed E-state index contributed by atoms with van der Waals surface area (Å²) in [5, 5.41) is 14.3. The minimum absolute atomic E-state index is 0.0763. The van der Waals surface area contributed by atoms with Crippen molar-refractivity contribution in [2.75, 3.05) is 23.3 Å². The molecule has 1 saturated heterocycles. The number of nitrogens with one attached hydrogen (secondary N) is 1. The van der Waals surface area contributed by atoms with Crippen LogP contribution in [0.3, 0.4) is 0 Å². The van der Waals surface area contributed by atoms with Crippen LogP contribution in [-0.2, 0) is 0 Å². The first-order valence-corrected chi connectivity index (χ1v) is 8.96. The molecule has 0 aromatic heterocycles. The molecule has 2 aromatic carbocycles. The van der Waals surface area contributed by atoms with E-state index in [0.29, 0.717) is 22.9 Å². The molecular formula is C20H22FN3O3. The lowest BCUT2D eigenvalue weighted by atomic mass is 9.99. The maximum absolute atomic E-state index is 13.2. The highest BCUT2D eigenvalue weighted by atomic mass is 19.1. The van der Waals surface area contributed by atoms with E-state index in [1.54, 1.807) is 19.1 Å². The van der Waals surface area contributed by atoms with Crippen molar-refractivity contribution in [1.29, 1.82) is 0 Å². The second-order valence-corrected chi connectivity index (χ2v) is 7.07. The number of nitro benzene ring substituents is 1. The van der Waals surface area contributed by atoms with E-state index >= 15 is 0 Å². The van der Waals surface area contributed by atoms with Gasteiger partial charge in [-0.05, 0) is 61.6 Å². The molecule has 0 bridgehead atoms. The Morgan fingerprint density at radius 2 is 2.07 bits per heavy atom. The Labute approximate surface area is 157 Å². The van der Waals surface area contributed by atoms with E-state index in [2.05, 4.69) is 12.2 Å². The number of hydrogen-bond donors (Lipinski definition) is 1. The first-order valence-electron chi connectivity index (χ1n) is 8.96. The summed E-state index contributed by atoms with van der Waals surface area (Å²) in [7, 11) is 0. The fourth-order valence-electron chi connectivity index (χ4n) is 3.45. The van der Waals surface area contributed by atoms with Gasteiger partial charge >= 0.3 is 0 Å². The number of anilines is 2. The van der Waals surface area contributed by atoms with Crippen LogP contribution in [0.1, 0.15) is 35.7 Å². The van der Waals surface area contributed by atoms with Gasteiger partial charge in [0.25, 0.3) is 11.6 Å². The summed E-state index contributed by atoms with van der Waals surface area (Å²) in [5.41, 5.74) is 1.71. The summed E-state index contributed by atoms with van der Waals surface area (Å²) in [5.74, 6) is -0.379. The number of aryl methyl sites for hydroxylation is 1. The number of carbonyl (C=O) groups excluding carboxylic acids is 1. The van der Waals surface area contributed by atoms with Gasteiger partial charge in [-0.25, -0.2) is 4.39 Å². The third-order valence-electron chi connectivity index (χ3n) is 4.87. The molecule has 1 heterocycles. The third-order valence-corrected chi connectivity index (χ3v) is 4.87. The molecule has 1 aliphatic rings. The molecule has 2 aromatic rings. The Hall–Kier alpha value is -2.96. The number of carbonyl (C=O) groups is 1. The fraction of sp³-hybridized carbons (Fsp3) is 0.350. The Morgan fingerprint density at radius 1 is 1.30 bits per heavy atom. The minimum atomic E-state index is -0.466. The summed E-state index contributed by atoms with van der Waals surface area (Å²) >= 11 is 0. The van der Waals surface area contributed by atoms with E-state index in [-0.39, 0.29) is 17.1 Å². The largest absolute Gasteiger partial charge is 0.366 e. The van der Waals surface area contributed by atoms with E-state index in [0.717, 1.165) is 25.9 Å². The summed E-state index contributed by atoms with van der Waals surface area (Å²) in [6.45, 7) is 5.35. The highest BCUT2D eigenvalue weighted by Crippen LogP contribution is 2.32. The molecule has 1 amide bonds. The molecule has 0 radical (unpaired) electrons. The quantitative estimate of drug-likeness (QED) is 0.633. The third kappa shape index (κ3) is 4.24. The van der Waals surface area contributed by atoms with Crippen molar-refractivity contribution >= 4 is 23.0 Å². The highest BCUT2D eigenvalue weighted by molar-refractivity contribution is 6.05. The first kappa shape index (κ1) is 18.8. The molecule has 6 nitrogen and oxygen atoms in total. The van der Waals surface area contributed by atoms with E-state index in [4.69, 9.17) is 0 Å². The van der Waals surface area contributed by atoms with E-state index in [1.165, 1.54) is 24.3 Å².